The molecule has 36 heavy (non-hydrogen) atoms. The van der Waals surface area contributed by atoms with E-state index < -0.39 is 0 Å². The first-order valence-electron chi connectivity index (χ1n) is 12.5. The van der Waals surface area contributed by atoms with Gasteiger partial charge in [0.1, 0.15) is 17.3 Å². The molecule has 8 heteroatoms. The van der Waals surface area contributed by atoms with Gasteiger partial charge in [-0.05, 0) is 61.4 Å². The molecular weight excluding hydrogens is 453 g/mol. The SMILES string of the molecule is N[C@H]1CCCN(c2nc(-c3ccnc4[nH]c(-c5ccccc5F)cc34)nc3cncc(C4CC4)c23)C1. The van der Waals surface area contributed by atoms with Gasteiger partial charge < -0.3 is 15.6 Å². The van der Waals surface area contributed by atoms with Crippen molar-refractivity contribution >= 4 is 27.8 Å². The maximum absolute atomic E-state index is 14.5. The molecule has 1 atom stereocenters. The Labute approximate surface area is 207 Å². The molecule has 0 bridgehead atoms. The molecular formula is C28H26FN7. The van der Waals surface area contributed by atoms with E-state index in [1.165, 1.54) is 24.5 Å². The lowest BCUT2D eigenvalue weighted by atomic mass is 10.0. The molecule has 0 amide bonds. The first-order valence-corrected chi connectivity index (χ1v) is 12.5. The van der Waals surface area contributed by atoms with Crippen molar-refractivity contribution in [1.29, 1.82) is 0 Å². The molecule has 0 spiro atoms. The summed E-state index contributed by atoms with van der Waals surface area (Å²) < 4.78 is 14.5. The van der Waals surface area contributed by atoms with Crippen molar-refractivity contribution in [3.05, 3.63) is 66.4 Å². The molecule has 2 aliphatic rings. The molecule has 1 saturated carbocycles. The molecule has 5 aromatic rings. The summed E-state index contributed by atoms with van der Waals surface area (Å²) in [6, 6.07) is 10.7. The van der Waals surface area contributed by atoms with Gasteiger partial charge in [0.25, 0.3) is 0 Å². The van der Waals surface area contributed by atoms with E-state index >= 15 is 0 Å². The number of hydrogen-bond donors (Lipinski definition) is 2. The average molecular weight is 480 g/mol. The van der Waals surface area contributed by atoms with Crippen molar-refractivity contribution in [3.63, 3.8) is 0 Å². The third-order valence-corrected chi connectivity index (χ3v) is 7.33. The third-order valence-electron chi connectivity index (χ3n) is 7.33. The van der Waals surface area contributed by atoms with Crippen LogP contribution in [-0.4, -0.2) is 44.1 Å². The van der Waals surface area contributed by atoms with E-state index in [0.29, 0.717) is 28.6 Å². The second-order valence-electron chi connectivity index (χ2n) is 9.90. The quantitative estimate of drug-likeness (QED) is 0.369. The van der Waals surface area contributed by atoms with Crippen LogP contribution in [0.2, 0.25) is 0 Å². The molecule has 4 aromatic heterocycles. The van der Waals surface area contributed by atoms with Crippen molar-refractivity contribution in [3.8, 4) is 22.6 Å². The Morgan fingerprint density at radius 1 is 1.03 bits per heavy atom. The summed E-state index contributed by atoms with van der Waals surface area (Å²) in [7, 11) is 0. The molecule has 7 nitrogen and oxygen atoms in total. The van der Waals surface area contributed by atoms with Crippen molar-refractivity contribution < 1.29 is 4.39 Å². The smallest absolute Gasteiger partial charge is 0.163 e. The molecule has 0 radical (unpaired) electrons. The average Bonchev–Trinajstić information content (AvgIpc) is 3.65. The fraction of sp³-hybridized carbons (Fsp3) is 0.286. The summed E-state index contributed by atoms with van der Waals surface area (Å²) in [5.74, 6) is 1.78. The molecule has 7 rings (SSSR count). The minimum atomic E-state index is -0.282. The van der Waals surface area contributed by atoms with E-state index in [4.69, 9.17) is 15.7 Å². The van der Waals surface area contributed by atoms with E-state index in [0.717, 1.165) is 53.6 Å². The van der Waals surface area contributed by atoms with Crippen LogP contribution in [0.15, 0.2) is 55.0 Å². The minimum Gasteiger partial charge on any atom is -0.354 e. The molecule has 1 aromatic carbocycles. The van der Waals surface area contributed by atoms with Crippen molar-refractivity contribution in [2.45, 2.75) is 37.6 Å². The zero-order valence-corrected chi connectivity index (χ0v) is 19.8. The lowest BCUT2D eigenvalue weighted by Crippen LogP contribution is -2.43. The Hall–Kier alpha value is -3.91. The van der Waals surface area contributed by atoms with E-state index in [-0.39, 0.29) is 11.9 Å². The van der Waals surface area contributed by atoms with Crippen molar-refractivity contribution in [2.24, 2.45) is 5.73 Å². The lowest BCUT2D eigenvalue weighted by molar-refractivity contribution is 0.504. The number of halogens is 1. The van der Waals surface area contributed by atoms with E-state index in [1.807, 2.05) is 30.6 Å². The summed E-state index contributed by atoms with van der Waals surface area (Å²) in [5, 5.41) is 1.94. The second kappa shape index (κ2) is 8.34. The van der Waals surface area contributed by atoms with E-state index in [1.54, 1.807) is 18.3 Å². The van der Waals surface area contributed by atoms with Crippen LogP contribution in [0.4, 0.5) is 10.2 Å². The largest absolute Gasteiger partial charge is 0.354 e. The second-order valence-corrected chi connectivity index (χ2v) is 9.90. The van der Waals surface area contributed by atoms with Crippen LogP contribution in [0.3, 0.4) is 0 Å². The molecule has 1 aliphatic carbocycles. The summed E-state index contributed by atoms with van der Waals surface area (Å²) >= 11 is 0. The number of rotatable bonds is 4. The summed E-state index contributed by atoms with van der Waals surface area (Å²) in [5.41, 5.74) is 11.1. The van der Waals surface area contributed by atoms with Gasteiger partial charge in [-0.15, -0.1) is 0 Å². The number of nitrogens with two attached hydrogens (primary N) is 1. The number of anilines is 1. The summed E-state index contributed by atoms with van der Waals surface area (Å²) in [6.07, 6.45) is 9.96. The Kier molecular flexibility index (Phi) is 4.95. The van der Waals surface area contributed by atoms with Gasteiger partial charge in [-0.2, -0.15) is 0 Å². The molecule has 5 heterocycles. The highest BCUT2D eigenvalue weighted by molar-refractivity contribution is 5.98. The van der Waals surface area contributed by atoms with Gasteiger partial charge in [-0.3, -0.25) is 4.98 Å². The Morgan fingerprint density at radius 3 is 2.75 bits per heavy atom. The zero-order chi connectivity index (χ0) is 24.2. The highest BCUT2D eigenvalue weighted by Crippen LogP contribution is 2.45. The van der Waals surface area contributed by atoms with Crippen LogP contribution >= 0.6 is 0 Å². The van der Waals surface area contributed by atoms with Crippen LogP contribution in [-0.2, 0) is 0 Å². The molecule has 1 saturated heterocycles. The molecule has 180 valence electrons. The van der Waals surface area contributed by atoms with Gasteiger partial charge in [0.2, 0.25) is 0 Å². The maximum atomic E-state index is 14.5. The predicted molar refractivity (Wildman–Crippen MR) is 139 cm³/mol. The first kappa shape index (κ1) is 21.4. The number of nitrogens with zero attached hydrogens (tertiary/aromatic N) is 5. The van der Waals surface area contributed by atoms with Crippen molar-refractivity contribution in [1.82, 2.24) is 24.9 Å². The topological polar surface area (TPSA) is 96.6 Å². The van der Waals surface area contributed by atoms with Gasteiger partial charge in [0.15, 0.2) is 5.82 Å². The number of piperidine rings is 1. The number of aromatic nitrogens is 5. The van der Waals surface area contributed by atoms with Gasteiger partial charge in [0, 0.05) is 53.4 Å². The van der Waals surface area contributed by atoms with Crippen LogP contribution in [0.1, 0.15) is 37.2 Å². The van der Waals surface area contributed by atoms with E-state index in [2.05, 4.69) is 19.9 Å². The maximum Gasteiger partial charge on any atom is 0.163 e. The molecule has 0 unspecified atom stereocenters. The lowest BCUT2D eigenvalue weighted by Gasteiger charge is -2.33. The van der Waals surface area contributed by atoms with Crippen LogP contribution in [0.5, 0.6) is 0 Å². The van der Waals surface area contributed by atoms with Crippen molar-refractivity contribution in [2.75, 3.05) is 18.0 Å². The Balaban J connectivity index is 1.43. The monoisotopic (exact) mass is 479 g/mol. The highest BCUT2D eigenvalue weighted by Gasteiger charge is 2.30. The van der Waals surface area contributed by atoms with Crippen LogP contribution < -0.4 is 10.6 Å². The number of aromatic amines is 1. The molecule has 1 aliphatic heterocycles. The molecule has 3 N–H and O–H groups in total. The predicted octanol–water partition coefficient (Wildman–Crippen LogP) is 5.18. The van der Waals surface area contributed by atoms with E-state index in [9.17, 15) is 4.39 Å². The highest BCUT2D eigenvalue weighted by atomic mass is 19.1. The van der Waals surface area contributed by atoms with Gasteiger partial charge >= 0.3 is 0 Å². The first-order chi connectivity index (χ1) is 17.7. The zero-order valence-electron chi connectivity index (χ0n) is 19.8. The minimum absolute atomic E-state index is 0.124. The van der Waals surface area contributed by atoms with Gasteiger partial charge in [-0.1, -0.05) is 12.1 Å². The molecule has 2 fully saturated rings. The standard InChI is InChI=1S/C28H26FN7/c29-22-6-2-1-5-19(22)23-12-20-18(9-10-32-26(20)33-23)27-34-24-14-31-13-21(16-7-8-16)25(24)28(35-27)36-11-3-4-17(30)15-36/h1-2,5-6,9-10,12-14,16-17H,3-4,7-8,11,15,30H2,(H,32,33)/t17-/m0/s1. The fourth-order valence-corrected chi connectivity index (χ4v) is 5.39. The number of fused-ring (bicyclic) bond motifs is 2. The number of benzene rings is 1. The van der Waals surface area contributed by atoms with Crippen LogP contribution in [0.25, 0.3) is 44.6 Å². The normalized spacial score (nSPS) is 18.3. The number of hydrogen-bond acceptors (Lipinski definition) is 6. The van der Waals surface area contributed by atoms with Crippen LogP contribution in [0, 0.1) is 5.82 Å². The third kappa shape index (κ3) is 3.60. The summed E-state index contributed by atoms with van der Waals surface area (Å²) in [6.45, 7) is 1.68. The number of pyridine rings is 2. The van der Waals surface area contributed by atoms with Gasteiger partial charge in [-0.25, -0.2) is 19.3 Å². The Bertz CT molecular complexity index is 1610. The van der Waals surface area contributed by atoms with Gasteiger partial charge in [0.05, 0.1) is 17.4 Å². The Morgan fingerprint density at radius 2 is 1.92 bits per heavy atom. The number of nitrogens with one attached hydrogen (secondary N) is 1. The fourth-order valence-electron chi connectivity index (χ4n) is 5.39. The summed E-state index contributed by atoms with van der Waals surface area (Å²) in [4.78, 5) is 24.8. The number of H-pyrrole nitrogens is 1.